The minimum Gasteiger partial charge on any atom is -0.510 e. The molecule has 0 aromatic rings. The van der Waals surface area contributed by atoms with Gasteiger partial charge in [-0.1, -0.05) is 0 Å². The Morgan fingerprint density at radius 2 is 1.01 bits per heavy atom. The summed E-state index contributed by atoms with van der Waals surface area (Å²) in [6, 6.07) is -3.28. The third kappa shape index (κ3) is 17.0. The van der Waals surface area contributed by atoms with Crippen LogP contribution in [0.4, 0.5) is 0 Å². The molecule has 0 saturated carbocycles. The summed E-state index contributed by atoms with van der Waals surface area (Å²) in [5.41, 5.74) is 0. The summed E-state index contributed by atoms with van der Waals surface area (Å²) in [6.07, 6.45) is -50.1. The predicted octanol–water partition coefficient (Wildman–Crippen LogP) is -12.1. The van der Waals surface area contributed by atoms with Crippen LogP contribution in [0, 0.1) is 0 Å². The molecule has 32 nitrogen and oxygen atoms in total. The molecule has 32 heteroatoms. The number of nitrogens with one attached hydrogen (secondary N) is 2. The van der Waals surface area contributed by atoms with Crippen molar-refractivity contribution in [1.29, 1.82) is 0 Å². The van der Waals surface area contributed by atoms with Crippen molar-refractivity contribution >= 4 is 11.8 Å². The van der Waals surface area contributed by atoms with E-state index in [1.54, 1.807) is 0 Å². The topological polar surface area (TPSA) is 537 Å². The third-order valence-corrected chi connectivity index (χ3v) is 11.7. The Morgan fingerprint density at radius 1 is 0.556 bits per heavy atom. The fraction of sp³-hybridized carbons (Fsp3) is 0.900. The van der Waals surface area contributed by atoms with E-state index in [9.17, 15) is 107 Å². The molecule has 3 rings (SSSR count). The zero-order valence-electron chi connectivity index (χ0n) is 38.9. The van der Waals surface area contributed by atoms with E-state index in [1.807, 2.05) is 0 Å². The molecule has 0 aromatic heterocycles. The Kier molecular flexibility index (Phi) is 26.7. The average molecular weight is 1060 g/mol. The van der Waals surface area contributed by atoms with Crippen LogP contribution >= 0.6 is 0 Å². The van der Waals surface area contributed by atoms with Crippen LogP contribution < -0.4 is 10.6 Å². The first kappa shape index (κ1) is 63.7. The van der Waals surface area contributed by atoms with Gasteiger partial charge in [0.2, 0.25) is 11.8 Å². The standard InChI is InChI=1S/C40H72N2O30/c1-13(49)41-23-28(59)31(20(11-47)65-36(23)62)71-39-24(42-14(2)50)29(60)32(21(12-48)67-39)72-40-30(61)33(27(58)19(10-46)66-40)69-38(64)35(26(57)17(53)5-8-45)70-37(63)34(25(56)16(52)4-7-44)68-22(55)9-18(54)15(51)3-6-43/h9,15-17,19-40,43-48,51-64H,3-8,10-12H2,1-2H3,(H,41,49)(H,42,50)/b18-9-/t15-,16-,17-,19?,20?,21?,22-,23?,24?,25?,26?,27-,28?,29?,30?,31-,32-,33?,34?,35?,36-,37-,38-,39+,40+/m1/s1. The van der Waals surface area contributed by atoms with Crippen LogP contribution in [-0.2, 0) is 47.5 Å². The highest BCUT2D eigenvalue weighted by atomic mass is 16.8. The lowest BCUT2D eigenvalue weighted by Gasteiger charge is -2.49. The molecule has 0 radical (unpaired) electrons. The molecule has 3 saturated heterocycles. The number of amides is 2. The van der Waals surface area contributed by atoms with Crippen molar-refractivity contribution < 1.29 is 150 Å². The van der Waals surface area contributed by atoms with Gasteiger partial charge in [-0.05, 0) is 12.8 Å². The lowest BCUT2D eigenvalue weighted by molar-refractivity contribution is -0.374. The summed E-state index contributed by atoms with van der Waals surface area (Å²) < 4.78 is 44.3. The molecule has 25 atom stereocenters. The fourth-order valence-corrected chi connectivity index (χ4v) is 7.90. The summed E-state index contributed by atoms with van der Waals surface area (Å²) in [5, 5.41) is 215. The smallest absolute Gasteiger partial charge is 0.217 e. The van der Waals surface area contributed by atoms with Crippen molar-refractivity contribution in [3.8, 4) is 0 Å². The first-order valence-electron chi connectivity index (χ1n) is 22.6. The van der Waals surface area contributed by atoms with Gasteiger partial charge in [0.25, 0.3) is 0 Å². The highest BCUT2D eigenvalue weighted by Crippen LogP contribution is 2.34. The Morgan fingerprint density at radius 3 is 1.51 bits per heavy atom. The number of aliphatic hydroxyl groups excluding tert-OH is 20. The second-order valence-electron chi connectivity index (χ2n) is 17.0. The molecule has 3 aliphatic heterocycles. The van der Waals surface area contributed by atoms with Gasteiger partial charge in [-0.25, -0.2) is 0 Å². The van der Waals surface area contributed by atoms with Gasteiger partial charge in [0, 0.05) is 46.2 Å². The highest BCUT2D eigenvalue weighted by molar-refractivity contribution is 5.73. The van der Waals surface area contributed by atoms with Gasteiger partial charge in [0.15, 0.2) is 37.7 Å². The maximum atomic E-state index is 12.4. The molecule has 422 valence electrons. The molecule has 0 bridgehead atoms. The molecular formula is C40H72N2O30. The Hall–Kier alpha value is -2.60. The number of aliphatic hydroxyl groups is 20. The van der Waals surface area contributed by atoms with Crippen LogP contribution in [0.2, 0.25) is 0 Å². The molecule has 0 aliphatic carbocycles. The summed E-state index contributed by atoms with van der Waals surface area (Å²) in [4.78, 5) is 24.2. The molecule has 3 heterocycles. The zero-order valence-corrected chi connectivity index (χ0v) is 38.9. The largest absolute Gasteiger partial charge is 0.510 e. The van der Waals surface area contributed by atoms with Gasteiger partial charge in [0.1, 0.15) is 109 Å². The number of hydrogen-bond acceptors (Lipinski definition) is 30. The third-order valence-electron chi connectivity index (χ3n) is 11.7. The van der Waals surface area contributed by atoms with E-state index in [4.69, 9.17) is 43.0 Å². The molecule has 22 N–H and O–H groups in total. The minimum atomic E-state index is -2.78. The van der Waals surface area contributed by atoms with E-state index in [2.05, 4.69) is 10.6 Å². The van der Waals surface area contributed by atoms with Crippen molar-refractivity contribution in [1.82, 2.24) is 10.6 Å². The Labute approximate surface area is 409 Å². The number of rotatable bonds is 29. The van der Waals surface area contributed by atoms with Gasteiger partial charge >= 0.3 is 0 Å². The molecule has 3 fully saturated rings. The lowest BCUT2D eigenvalue weighted by atomic mass is 9.94. The lowest BCUT2D eigenvalue weighted by Crippen LogP contribution is -2.70. The molecule has 0 aromatic carbocycles. The van der Waals surface area contributed by atoms with Crippen molar-refractivity contribution in [3.63, 3.8) is 0 Å². The van der Waals surface area contributed by atoms with Crippen molar-refractivity contribution in [2.45, 2.75) is 187 Å². The molecular weight excluding hydrogens is 988 g/mol. The number of ether oxygens (including phenoxy) is 8. The molecule has 13 unspecified atom stereocenters. The van der Waals surface area contributed by atoms with Crippen LogP contribution in [0.15, 0.2) is 11.8 Å². The Bertz CT molecular complexity index is 1630. The van der Waals surface area contributed by atoms with E-state index < -0.39 is 230 Å². The second-order valence-corrected chi connectivity index (χ2v) is 17.0. The van der Waals surface area contributed by atoms with Gasteiger partial charge in [-0.15, -0.1) is 0 Å². The van der Waals surface area contributed by atoms with Crippen molar-refractivity contribution in [3.05, 3.63) is 11.8 Å². The van der Waals surface area contributed by atoms with Crippen molar-refractivity contribution in [2.75, 3.05) is 39.6 Å². The van der Waals surface area contributed by atoms with Crippen LogP contribution in [0.3, 0.4) is 0 Å². The summed E-state index contributed by atoms with van der Waals surface area (Å²) in [7, 11) is 0. The zero-order chi connectivity index (χ0) is 54.3. The maximum Gasteiger partial charge on any atom is 0.217 e. The van der Waals surface area contributed by atoms with Gasteiger partial charge in [-0.3, -0.25) is 9.59 Å². The quantitative estimate of drug-likeness (QED) is 0.0244. The van der Waals surface area contributed by atoms with E-state index in [0.29, 0.717) is 6.08 Å². The summed E-state index contributed by atoms with van der Waals surface area (Å²) >= 11 is 0. The average Bonchev–Trinajstić information content (AvgIpc) is 3.32. The number of hydrogen-bond donors (Lipinski definition) is 22. The van der Waals surface area contributed by atoms with Crippen LogP contribution in [0.25, 0.3) is 0 Å². The molecule has 0 spiro atoms. The maximum absolute atomic E-state index is 12.4. The SMILES string of the molecule is CC(=O)NC1C(O)[C@H](O[C@@H]2OC(CO)[C@@H](O)C(O[C@@H](O)C(O[C@@H](O)C(O[C@@H](O)/C=C(\O)[C@H](O)CCO)C(O)[C@H](O)CCO)C(O)[C@H](O)CCO)C2O)C(CO)O[C@H]1O[C@@H]1C(CO)O[C@@H](O)C(NC(C)=O)C1O. The molecule has 2 amide bonds. The van der Waals surface area contributed by atoms with E-state index in [-0.39, 0.29) is 0 Å². The summed E-state index contributed by atoms with van der Waals surface area (Å²) in [6.45, 7) is -3.22. The monoisotopic (exact) mass is 1060 g/mol. The van der Waals surface area contributed by atoms with E-state index in [1.165, 1.54) is 0 Å². The highest BCUT2D eigenvalue weighted by Gasteiger charge is 2.55. The van der Waals surface area contributed by atoms with E-state index in [0.717, 1.165) is 13.8 Å². The first-order chi connectivity index (χ1) is 33.9. The molecule has 72 heavy (non-hydrogen) atoms. The predicted molar refractivity (Wildman–Crippen MR) is 227 cm³/mol. The number of carbonyl (C=O) groups is 2. The van der Waals surface area contributed by atoms with Gasteiger partial charge < -0.3 is 151 Å². The van der Waals surface area contributed by atoms with Gasteiger partial charge in [0.05, 0.1) is 32.0 Å². The number of carbonyl (C=O) groups excluding carboxylic acids is 2. The summed E-state index contributed by atoms with van der Waals surface area (Å²) in [5.74, 6) is -2.54. The molecule has 3 aliphatic rings. The minimum absolute atomic E-state index is 0.429. The van der Waals surface area contributed by atoms with E-state index >= 15 is 0 Å². The van der Waals surface area contributed by atoms with Crippen LogP contribution in [0.1, 0.15) is 33.1 Å². The van der Waals surface area contributed by atoms with Crippen molar-refractivity contribution in [2.24, 2.45) is 0 Å². The van der Waals surface area contributed by atoms with Gasteiger partial charge in [-0.2, -0.15) is 0 Å². The van der Waals surface area contributed by atoms with Crippen LogP contribution in [-0.4, -0.2) is 307 Å². The Balaban J connectivity index is 1.97. The second kappa shape index (κ2) is 30.2. The normalized spacial score (nSPS) is 35.7. The fourth-order valence-electron chi connectivity index (χ4n) is 7.90. The van der Waals surface area contributed by atoms with Crippen LogP contribution in [0.5, 0.6) is 0 Å². The first-order valence-corrected chi connectivity index (χ1v) is 22.6.